The lowest BCUT2D eigenvalue weighted by Gasteiger charge is -2.54. The Morgan fingerprint density at radius 2 is 1.12 bits per heavy atom. The topological polar surface area (TPSA) is 29.3 Å². The summed E-state index contributed by atoms with van der Waals surface area (Å²) in [6.45, 7) is 15.7. The molecule has 0 unspecified atom stereocenters. The lowest BCUT2D eigenvalue weighted by atomic mass is 9.69. The van der Waals surface area contributed by atoms with Crippen LogP contribution in [0.15, 0.2) is 0 Å². The highest BCUT2D eigenvalue weighted by molar-refractivity contribution is 5.07. The first-order chi connectivity index (χ1) is 7.51. The van der Waals surface area contributed by atoms with Crippen LogP contribution in [-0.4, -0.2) is 29.1 Å². The summed E-state index contributed by atoms with van der Waals surface area (Å²) in [5.41, 5.74) is 6.82. The van der Waals surface area contributed by atoms with E-state index in [9.17, 15) is 0 Å². The molecule has 0 aliphatic carbocycles. The van der Waals surface area contributed by atoms with Crippen LogP contribution < -0.4 is 5.73 Å². The minimum Gasteiger partial charge on any atom is -0.324 e. The van der Waals surface area contributed by atoms with Crippen LogP contribution in [0.25, 0.3) is 0 Å². The van der Waals surface area contributed by atoms with E-state index in [4.69, 9.17) is 5.73 Å². The Balaban J connectivity index is 5.36. The van der Waals surface area contributed by atoms with E-state index in [-0.39, 0.29) is 11.1 Å². The molecule has 0 aliphatic rings. The minimum atomic E-state index is -0.0531. The Morgan fingerprint density at radius 3 is 1.31 bits per heavy atom. The molecule has 0 fully saturated rings. The summed E-state index contributed by atoms with van der Waals surface area (Å²) in [5, 5.41) is 0. The Labute approximate surface area is 103 Å². The van der Waals surface area contributed by atoms with E-state index in [1.54, 1.807) is 0 Å². The van der Waals surface area contributed by atoms with Gasteiger partial charge in [-0.05, 0) is 38.8 Å². The molecule has 2 N–H and O–H groups in total. The van der Waals surface area contributed by atoms with Gasteiger partial charge in [-0.3, -0.25) is 4.90 Å². The van der Waals surface area contributed by atoms with E-state index >= 15 is 0 Å². The predicted molar refractivity (Wildman–Crippen MR) is 73.7 cm³/mol. The highest BCUT2D eigenvalue weighted by atomic mass is 15.2. The van der Waals surface area contributed by atoms with E-state index in [1.165, 1.54) is 0 Å². The monoisotopic (exact) mass is 228 g/mol. The highest BCUT2D eigenvalue weighted by Gasteiger charge is 2.46. The van der Waals surface area contributed by atoms with Crippen LogP contribution in [0.5, 0.6) is 0 Å². The second-order valence-corrected chi connectivity index (χ2v) is 4.77. The van der Waals surface area contributed by atoms with Crippen molar-refractivity contribution in [1.29, 1.82) is 0 Å². The third-order valence-corrected chi connectivity index (χ3v) is 4.73. The summed E-state index contributed by atoms with van der Waals surface area (Å²) < 4.78 is 0. The second-order valence-electron chi connectivity index (χ2n) is 4.77. The average Bonchev–Trinajstić information content (AvgIpc) is 2.35. The first-order valence-electron chi connectivity index (χ1n) is 7.05. The number of hydrogen-bond acceptors (Lipinski definition) is 2. The summed E-state index contributed by atoms with van der Waals surface area (Å²) in [4.78, 5) is 2.57. The third-order valence-electron chi connectivity index (χ3n) is 4.73. The van der Waals surface area contributed by atoms with Crippen LogP contribution in [0.2, 0.25) is 0 Å². The van der Waals surface area contributed by atoms with Crippen LogP contribution in [-0.2, 0) is 0 Å². The van der Waals surface area contributed by atoms with Crippen LogP contribution >= 0.6 is 0 Å². The van der Waals surface area contributed by atoms with Crippen LogP contribution in [0.4, 0.5) is 0 Å². The molecule has 2 nitrogen and oxygen atoms in total. The zero-order valence-electron chi connectivity index (χ0n) is 12.3. The van der Waals surface area contributed by atoms with Gasteiger partial charge in [-0.15, -0.1) is 0 Å². The summed E-state index contributed by atoms with van der Waals surface area (Å²) in [6, 6.07) is 0. The van der Waals surface area contributed by atoms with Gasteiger partial charge in [0.25, 0.3) is 0 Å². The number of rotatable bonds is 8. The van der Waals surface area contributed by atoms with E-state index in [0.717, 1.165) is 38.8 Å². The minimum absolute atomic E-state index is 0.0531. The van der Waals surface area contributed by atoms with Gasteiger partial charge in [0.15, 0.2) is 0 Å². The SMILES string of the molecule is CCN(CC)C(CC)(CC)C(N)(CC)CC. The van der Waals surface area contributed by atoms with Crippen molar-refractivity contribution in [3.8, 4) is 0 Å². The fourth-order valence-corrected chi connectivity index (χ4v) is 3.45. The van der Waals surface area contributed by atoms with Crippen LogP contribution in [0.1, 0.15) is 67.2 Å². The predicted octanol–water partition coefficient (Wildman–Crippen LogP) is 3.40. The van der Waals surface area contributed by atoms with Crippen molar-refractivity contribution in [2.75, 3.05) is 13.1 Å². The molecule has 0 saturated heterocycles. The van der Waals surface area contributed by atoms with Gasteiger partial charge in [-0.1, -0.05) is 41.5 Å². The highest BCUT2D eigenvalue weighted by Crippen LogP contribution is 2.38. The maximum absolute atomic E-state index is 6.71. The lowest BCUT2D eigenvalue weighted by molar-refractivity contribution is 0.00698. The van der Waals surface area contributed by atoms with Crippen molar-refractivity contribution in [3.63, 3.8) is 0 Å². The van der Waals surface area contributed by atoms with Crippen molar-refractivity contribution >= 4 is 0 Å². The number of nitrogens with two attached hydrogens (primary N) is 1. The van der Waals surface area contributed by atoms with Gasteiger partial charge in [0.1, 0.15) is 0 Å². The molecular weight excluding hydrogens is 196 g/mol. The van der Waals surface area contributed by atoms with Gasteiger partial charge in [-0.2, -0.15) is 0 Å². The van der Waals surface area contributed by atoms with Gasteiger partial charge in [0.2, 0.25) is 0 Å². The summed E-state index contributed by atoms with van der Waals surface area (Å²) in [7, 11) is 0. The van der Waals surface area contributed by atoms with Gasteiger partial charge in [0, 0.05) is 11.1 Å². The molecule has 0 aromatic rings. The first-order valence-corrected chi connectivity index (χ1v) is 7.05. The quantitative estimate of drug-likeness (QED) is 0.690. The van der Waals surface area contributed by atoms with Gasteiger partial charge in [0.05, 0.1) is 0 Å². The molecule has 2 heteroatoms. The zero-order valence-corrected chi connectivity index (χ0v) is 12.3. The summed E-state index contributed by atoms with van der Waals surface area (Å²) >= 11 is 0. The molecule has 0 aliphatic heterocycles. The van der Waals surface area contributed by atoms with Crippen molar-refractivity contribution in [2.45, 2.75) is 78.3 Å². The fourth-order valence-electron chi connectivity index (χ4n) is 3.45. The van der Waals surface area contributed by atoms with E-state index < -0.39 is 0 Å². The molecular formula is C14H32N2. The molecule has 0 atom stereocenters. The molecule has 0 aromatic heterocycles. The van der Waals surface area contributed by atoms with Crippen LogP contribution in [0, 0.1) is 0 Å². The molecule has 0 radical (unpaired) electrons. The number of likely N-dealkylation sites (N-methyl/N-ethyl adjacent to an activating group) is 1. The maximum atomic E-state index is 6.71. The van der Waals surface area contributed by atoms with E-state index in [0.29, 0.717) is 0 Å². The number of hydrogen-bond donors (Lipinski definition) is 1. The molecule has 0 heterocycles. The smallest absolute Gasteiger partial charge is 0.0383 e. The van der Waals surface area contributed by atoms with Crippen molar-refractivity contribution in [1.82, 2.24) is 4.90 Å². The molecule has 0 saturated carbocycles. The fraction of sp³-hybridized carbons (Fsp3) is 1.00. The summed E-state index contributed by atoms with van der Waals surface area (Å²) in [6.07, 6.45) is 4.40. The molecule has 0 rings (SSSR count). The molecule has 0 amide bonds. The normalized spacial score (nSPS) is 13.5. The Bertz CT molecular complexity index is 177. The van der Waals surface area contributed by atoms with Gasteiger partial charge >= 0.3 is 0 Å². The molecule has 0 spiro atoms. The third kappa shape index (κ3) is 2.43. The maximum Gasteiger partial charge on any atom is 0.0383 e. The van der Waals surface area contributed by atoms with E-state index in [2.05, 4.69) is 46.4 Å². The van der Waals surface area contributed by atoms with Crippen molar-refractivity contribution < 1.29 is 0 Å². The van der Waals surface area contributed by atoms with Gasteiger partial charge < -0.3 is 5.73 Å². The zero-order chi connectivity index (χ0) is 12.8. The molecule has 98 valence electrons. The first kappa shape index (κ1) is 15.9. The van der Waals surface area contributed by atoms with Crippen LogP contribution in [0.3, 0.4) is 0 Å². The molecule has 0 bridgehead atoms. The standard InChI is InChI=1S/C14H32N2/c1-7-13(15,8-2)14(9-3,10-4)16(11-5)12-6/h7-12,15H2,1-6H3. The Hall–Kier alpha value is -0.0800. The lowest BCUT2D eigenvalue weighted by Crippen LogP contribution is -2.67. The second kappa shape index (κ2) is 6.61. The van der Waals surface area contributed by atoms with Crippen molar-refractivity contribution in [3.05, 3.63) is 0 Å². The molecule has 16 heavy (non-hydrogen) atoms. The summed E-state index contributed by atoms with van der Waals surface area (Å²) in [5.74, 6) is 0. The molecule has 0 aromatic carbocycles. The Morgan fingerprint density at radius 1 is 0.750 bits per heavy atom. The van der Waals surface area contributed by atoms with Gasteiger partial charge in [-0.25, -0.2) is 0 Å². The Kier molecular flexibility index (Phi) is 6.57. The average molecular weight is 228 g/mol. The van der Waals surface area contributed by atoms with Crippen molar-refractivity contribution in [2.24, 2.45) is 5.73 Å². The van der Waals surface area contributed by atoms with E-state index in [1.807, 2.05) is 0 Å². The largest absolute Gasteiger partial charge is 0.324 e. The number of nitrogens with zero attached hydrogens (tertiary/aromatic N) is 1.